The van der Waals surface area contributed by atoms with Crippen LogP contribution < -0.4 is 0 Å². The molecule has 0 fully saturated rings. The van der Waals surface area contributed by atoms with Crippen LogP contribution in [-0.2, 0) is 20.7 Å². The summed E-state index contributed by atoms with van der Waals surface area (Å²) < 4.78 is 9.82. The summed E-state index contributed by atoms with van der Waals surface area (Å²) in [6.07, 6.45) is -0.00863. The highest BCUT2D eigenvalue weighted by atomic mass is 32.1. The molecule has 0 saturated heterocycles. The minimum absolute atomic E-state index is 0.00863. The Morgan fingerprint density at radius 2 is 2.00 bits per heavy atom. The summed E-state index contributed by atoms with van der Waals surface area (Å²) in [7, 11) is 1.28. The number of hydrogen-bond donors (Lipinski definition) is 1. The molecule has 0 spiro atoms. The van der Waals surface area contributed by atoms with Crippen molar-refractivity contribution in [3.63, 3.8) is 0 Å². The highest BCUT2D eigenvalue weighted by Crippen LogP contribution is 2.28. The third kappa shape index (κ3) is 4.20. The topological polar surface area (TPSA) is 98.4 Å². The Morgan fingerprint density at radius 3 is 2.68 bits per heavy atom. The molecule has 3 heterocycles. The predicted molar refractivity (Wildman–Crippen MR) is 106 cm³/mol. The average Bonchev–Trinajstić information content (AvgIpc) is 3.40. The standard InChI is InChI=1S/C19H18N2O5S2/c1-10-16(19(24)25-3)11(2)20-17(10)13(22)8-26-15(23)7-12-9-28-18(21-12)14-5-4-6-27-14/h4-6,9,20H,7-8H2,1-3H3. The molecular formula is C19H18N2O5S2. The SMILES string of the molecule is COC(=O)c1c(C)[nH]c(C(=O)COC(=O)Cc2csc(-c3cccs3)n2)c1C. The fourth-order valence-corrected chi connectivity index (χ4v) is 4.39. The molecule has 3 rings (SSSR count). The van der Waals surface area contributed by atoms with Crippen LogP contribution in [0.25, 0.3) is 9.88 Å². The number of carbonyl (C=O) groups excluding carboxylic acids is 3. The van der Waals surface area contributed by atoms with Crippen LogP contribution in [0.4, 0.5) is 0 Å². The van der Waals surface area contributed by atoms with E-state index in [1.165, 1.54) is 18.4 Å². The van der Waals surface area contributed by atoms with E-state index in [0.717, 1.165) is 9.88 Å². The molecule has 0 aromatic carbocycles. The Balaban J connectivity index is 1.59. The van der Waals surface area contributed by atoms with Crippen LogP contribution in [0, 0.1) is 13.8 Å². The van der Waals surface area contributed by atoms with Gasteiger partial charge in [0, 0.05) is 11.1 Å². The molecule has 0 atom stereocenters. The van der Waals surface area contributed by atoms with E-state index in [4.69, 9.17) is 9.47 Å². The lowest BCUT2D eigenvalue weighted by atomic mass is 10.1. The zero-order valence-corrected chi connectivity index (χ0v) is 17.2. The molecule has 0 radical (unpaired) electrons. The van der Waals surface area contributed by atoms with Crippen LogP contribution in [-0.4, -0.2) is 41.4 Å². The number of nitrogens with one attached hydrogen (secondary N) is 1. The first-order valence-electron chi connectivity index (χ1n) is 8.35. The van der Waals surface area contributed by atoms with Crippen molar-refractivity contribution in [3.05, 3.63) is 51.1 Å². The van der Waals surface area contributed by atoms with Gasteiger partial charge in [-0.2, -0.15) is 0 Å². The minimum Gasteiger partial charge on any atom is -0.465 e. The second kappa shape index (κ2) is 8.49. The summed E-state index contributed by atoms with van der Waals surface area (Å²) in [6.45, 7) is 2.91. The van der Waals surface area contributed by atoms with E-state index < -0.39 is 24.3 Å². The molecule has 3 aromatic rings. The minimum atomic E-state index is -0.537. The van der Waals surface area contributed by atoms with Crippen molar-refractivity contribution in [2.75, 3.05) is 13.7 Å². The number of nitrogens with zero attached hydrogens (tertiary/aromatic N) is 1. The van der Waals surface area contributed by atoms with E-state index in [2.05, 4.69) is 9.97 Å². The highest BCUT2D eigenvalue weighted by Gasteiger charge is 2.23. The Morgan fingerprint density at radius 1 is 1.21 bits per heavy atom. The number of aromatic nitrogens is 2. The molecule has 0 amide bonds. The van der Waals surface area contributed by atoms with E-state index in [1.54, 1.807) is 30.6 Å². The maximum atomic E-state index is 12.4. The maximum absolute atomic E-state index is 12.4. The van der Waals surface area contributed by atoms with Gasteiger partial charge < -0.3 is 14.5 Å². The van der Waals surface area contributed by atoms with Gasteiger partial charge in [-0.1, -0.05) is 6.07 Å². The van der Waals surface area contributed by atoms with Gasteiger partial charge in [0.05, 0.1) is 35.4 Å². The molecule has 0 aliphatic heterocycles. The molecule has 7 nitrogen and oxygen atoms in total. The molecule has 3 aromatic heterocycles. The van der Waals surface area contributed by atoms with Gasteiger partial charge in [-0.15, -0.1) is 22.7 Å². The molecule has 0 aliphatic carbocycles. The third-order valence-electron chi connectivity index (χ3n) is 4.08. The first kappa shape index (κ1) is 20.0. The number of methoxy groups -OCH3 is 1. The van der Waals surface area contributed by atoms with E-state index in [1.807, 2.05) is 17.5 Å². The fourth-order valence-electron chi connectivity index (χ4n) is 2.76. The number of carbonyl (C=O) groups is 3. The summed E-state index contributed by atoms with van der Waals surface area (Å²) in [5.41, 5.74) is 2.17. The first-order valence-corrected chi connectivity index (χ1v) is 10.1. The van der Waals surface area contributed by atoms with Crippen LogP contribution in [0.2, 0.25) is 0 Å². The number of Topliss-reactive ketones (excluding diaryl/α,β-unsaturated/α-hetero) is 1. The van der Waals surface area contributed by atoms with Gasteiger partial charge in [0.2, 0.25) is 5.78 Å². The number of ether oxygens (including phenoxy) is 2. The van der Waals surface area contributed by atoms with Crippen LogP contribution in [0.5, 0.6) is 0 Å². The number of H-pyrrole nitrogens is 1. The first-order chi connectivity index (χ1) is 13.4. The molecule has 0 aliphatic rings. The number of thiophene rings is 1. The van der Waals surface area contributed by atoms with Gasteiger partial charge >= 0.3 is 11.9 Å². The lowest BCUT2D eigenvalue weighted by Gasteiger charge is -2.03. The molecule has 28 heavy (non-hydrogen) atoms. The van der Waals surface area contributed by atoms with Crippen LogP contribution in [0.3, 0.4) is 0 Å². The highest BCUT2D eigenvalue weighted by molar-refractivity contribution is 7.20. The zero-order valence-electron chi connectivity index (χ0n) is 15.5. The Kier molecular flexibility index (Phi) is 6.05. The number of esters is 2. The van der Waals surface area contributed by atoms with Crippen molar-refractivity contribution in [1.29, 1.82) is 0 Å². The summed E-state index contributed by atoms with van der Waals surface area (Å²) in [6, 6.07) is 3.91. The Bertz CT molecular complexity index is 1020. The van der Waals surface area contributed by atoms with Gasteiger partial charge in [-0.05, 0) is 30.9 Å². The summed E-state index contributed by atoms with van der Waals surface area (Å²) in [5.74, 6) is -1.47. The van der Waals surface area contributed by atoms with Crippen molar-refractivity contribution in [2.45, 2.75) is 20.3 Å². The molecule has 0 unspecified atom stereocenters. The second-order valence-electron chi connectivity index (χ2n) is 6.00. The normalized spacial score (nSPS) is 10.7. The van der Waals surface area contributed by atoms with Crippen LogP contribution in [0.15, 0.2) is 22.9 Å². The van der Waals surface area contributed by atoms with Gasteiger partial charge in [-0.3, -0.25) is 9.59 Å². The van der Waals surface area contributed by atoms with Gasteiger partial charge in [0.25, 0.3) is 0 Å². The summed E-state index contributed by atoms with van der Waals surface area (Å²) in [5, 5.41) is 4.62. The van der Waals surface area contributed by atoms with Crippen LogP contribution >= 0.6 is 22.7 Å². The molecule has 0 bridgehead atoms. The van der Waals surface area contributed by atoms with E-state index in [-0.39, 0.29) is 12.1 Å². The lowest BCUT2D eigenvalue weighted by molar-refractivity contribution is -0.141. The van der Waals surface area contributed by atoms with Gasteiger partial charge in [0.1, 0.15) is 5.01 Å². The van der Waals surface area contributed by atoms with Crippen LogP contribution in [0.1, 0.15) is 37.8 Å². The van der Waals surface area contributed by atoms with Crippen molar-refractivity contribution in [1.82, 2.24) is 9.97 Å². The molecule has 0 saturated carbocycles. The number of hydrogen-bond acceptors (Lipinski definition) is 8. The Hall–Kier alpha value is -2.78. The van der Waals surface area contributed by atoms with Crippen molar-refractivity contribution in [3.8, 4) is 9.88 Å². The second-order valence-corrected chi connectivity index (χ2v) is 7.80. The van der Waals surface area contributed by atoms with E-state index >= 15 is 0 Å². The number of aryl methyl sites for hydroxylation is 1. The molecule has 1 N–H and O–H groups in total. The quantitative estimate of drug-likeness (QED) is 0.465. The number of ketones is 1. The monoisotopic (exact) mass is 418 g/mol. The number of aromatic amines is 1. The van der Waals surface area contributed by atoms with Crippen molar-refractivity contribution >= 4 is 40.4 Å². The number of rotatable bonds is 7. The molecule has 9 heteroatoms. The van der Waals surface area contributed by atoms with Gasteiger partial charge in [-0.25, -0.2) is 9.78 Å². The largest absolute Gasteiger partial charge is 0.465 e. The third-order valence-corrected chi connectivity index (χ3v) is 6.01. The van der Waals surface area contributed by atoms with E-state index in [0.29, 0.717) is 22.5 Å². The molecular weight excluding hydrogens is 400 g/mol. The predicted octanol–water partition coefficient (Wildman–Crippen LogP) is 3.57. The van der Waals surface area contributed by atoms with Gasteiger partial charge in [0.15, 0.2) is 6.61 Å². The Labute approximate surface area is 169 Å². The average molecular weight is 418 g/mol. The smallest absolute Gasteiger partial charge is 0.339 e. The van der Waals surface area contributed by atoms with E-state index in [9.17, 15) is 14.4 Å². The zero-order chi connectivity index (χ0) is 20.3. The summed E-state index contributed by atoms with van der Waals surface area (Å²) >= 11 is 3.04. The lowest BCUT2D eigenvalue weighted by Crippen LogP contribution is -2.17. The fraction of sp³-hybridized carbons (Fsp3) is 0.263. The number of thiazole rings is 1. The van der Waals surface area contributed by atoms with Crippen molar-refractivity contribution in [2.24, 2.45) is 0 Å². The summed E-state index contributed by atoms with van der Waals surface area (Å²) in [4.78, 5) is 44.6. The molecule has 146 valence electrons. The maximum Gasteiger partial charge on any atom is 0.339 e. The van der Waals surface area contributed by atoms with Crippen molar-refractivity contribution < 1.29 is 23.9 Å².